The molecule has 2 aromatic carbocycles. The van der Waals surface area contributed by atoms with Crippen LogP contribution in [0, 0.1) is 0 Å². The number of benzene rings is 2. The van der Waals surface area contributed by atoms with Crippen molar-refractivity contribution < 1.29 is 4.74 Å². The molecule has 0 spiro atoms. The van der Waals surface area contributed by atoms with Crippen molar-refractivity contribution in [3.8, 4) is 17.0 Å². The van der Waals surface area contributed by atoms with E-state index in [1.54, 1.807) is 0 Å². The van der Waals surface area contributed by atoms with Crippen molar-refractivity contribution in [3.05, 3.63) is 60.0 Å². The second-order valence-electron chi connectivity index (χ2n) is 7.56. The van der Waals surface area contributed by atoms with Crippen LogP contribution in [-0.2, 0) is 6.42 Å². The van der Waals surface area contributed by atoms with Gasteiger partial charge in [-0.05, 0) is 48.4 Å². The van der Waals surface area contributed by atoms with Crippen LogP contribution in [0.25, 0.3) is 11.3 Å². The van der Waals surface area contributed by atoms with Crippen molar-refractivity contribution in [3.63, 3.8) is 0 Å². The molecule has 6 nitrogen and oxygen atoms in total. The van der Waals surface area contributed by atoms with E-state index in [2.05, 4.69) is 45.5 Å². The van der Waals surface area contributed by atoms with Gasteiger partial charge in [-0.25, -0.2) is 4.98 Å². The first-order valence-electron chi connectivity index (χ1n) is 10.8. The number of aliphatic imine (C=N–C) groups is 1. The predicted octanol–water partition coefficient (Wildman–Crippen LogP) is 4.74. The summed E-state index contributed by atoms with van der Waals surface area (Å²) in [7, 11) is 1.92. The van der Waals surface area contributed by atoms with Crippen LogP contribution >= 0.6 is 0 Å². The number of fused-ring (bicyclic) bond motifs is 4. The van der Waals surface area contributed by atoms with Crippen LogP contribution in [-0.4, -0.2) is 35.1 Å². The zero-order chi connectivity index (χ0) is 20.7. The van der Waals surface area contributed by atoms with Gasteiger partial charge >= 0.3 is 0 Å². The zero-order valence-corrected chi connectivity index (χ0v) is 17.6. The molecular weight excluding hydrogens is 374 g/mol. The number of ether oxygens (including phenoxy) is 1. The van der Waals surface area contributed by atoms with Crippen molar-refractivity contribution >= 4 is 17.2 Å². The summed E-state index contributed by atoms with van der Waals surface area (Å²) < 4.78 is 8.02. The van der Waals surface area contributed by atoms with E-state index in [1.807, 2.05) is 39.2 Å². The van der Waals surface area contributed by atoms with Gasteiger partial charge in [-0.1, -0.05) is 19.9 Å². The summed E-state index contributed by atoms with van der Waals surface area (Å²) in [5.74, 6) is 2.78. The molecule has 1 aromatic heterocycles. The van der Waals surface area contributed by atoms with Crippen LogP contribution < -0.4 is 15.4 Å². The van der Waals surface area contributed by atoms with Gasteiger partial charge in [0.2, 0.25) is 0 Å². The lowest BCUT2D eigenvalue weighted by molar-refractivity contribution is 0.357. The van der Waals surface area contributed by atoms with Gasteiger partial charge in [0.15, 0.2) is 11.7 Å². The second-order valence-corrected chi connectivity index (χ2v) is 7.56. The fraction of sp³-hybridized carbons (Fsp3) is 0.333. The Bertz CT molecular complexity index is 1120. The molecular formula is C24H27N5O. The van der Waals surface area contributed by atoms with Gasteiger partial charge in [-0.3, -0.25) is 4.99 Å². The third-order valence-corrected chi connectivity index (χ3v) is 5.76. The minimum absolute atomic E-state index is 0.341. The molecule has 1 fully saturated rings. The first-order chi connectivity index (χ1) is 14.8. The molecule has 2 unspecified atom stereocenters. The van der Waals surface area contributed by atoms with Crippen LogP contribution in [0.3, 0.4) is 0 Å². The number of amidine groups is 1. The van der Waals surface area contributed by atoms with Gasteiger partial charge in [0.1, 0.15) is 5.75 Å². The highest BCUT2D eigenvalue weighted by Crippen LogP contribution is 2.46. The third kappa shape index (κ3) is 3.12. The molecule has 30 heavy (non-hydrogen) atoms. The number of imidazole rings is 1. The normalized spacial score (nSPS) is 19.9. The highest BCUT2D eigenvalue weighted by atomic mass is 16.5. The molecule has 154 valence electrons. The highest BCUT2D eigenvalue weighted by molar-refractivity contribution is 6.07. The second kappa shape index (κ2) is 7.52. The predicted molar refractivity (Wildman–Crippen MR) is 122 cm³/mol. The van der Waals surface area contributed by atoms with E-state index in [0.29, 0.717) is 12.1 Å². The number of anilines is 2. The maximum atomic E-state index is 5.66. The first kappa shape index (κ1) is 18.7. The fourth-order valence-corrected chi connectivity index (χ4v) is 4.22. The smallest absolute Gasteiger partial charge is 0.176 e. The Hall–Kier alpha value is -3.28. The largest absolute Gasteiger partial charge is 0.493 e. The zero-order valence-electron chi connectivity index (χ0n) is 17.6. The van der Waals surface area contributed by atoms with Crippen molar-refractivity contribution in [2.75, 3.05) is 24.3 Å². The molecule has 3 heterocycles. The van der Waals surface area contributed by atoms with Crippen LogP contribution in [0.2, 0.25) is 0 Å². The van der Waals surface area contributed by atoms with E-state index >= 15 is 0 Å². The number of hydrogen-bond donors (Lipinski definition) is 2. The monoisotopic (exact) mass is 401 g/mol. The molecule has 0 amide bonds. The number of aromatic nitrogens is 2. The van der Waals surface area contributed by atoms with Crippen LogP contribution in [0.1, 0.15) is 37.7 Å². The summed E-state index contributed by atoms with van der Waals surface area (Å²) in [6, 6.07) is 15.4. The lowest BCUT2D eigenvalue weighted by Gasteiger charge is -2.18. The van der Waals surface area contributed by atoms with Crippen molar-refractivity contribution in [2.45, 2.75) is 38.8 Å². The molecule has 0 bridgehead atoms. The standard InChI is InChI=1S/C22H21N5O.C2H6/c1-23-15-3-2-4-16(10-15)25-21-22-24-12-19(27(22)18-11-17(18)26-21)13-5-6-20-14(9-13)7-8-28-20;1-2/h2-6,9-10,12,17-18,23H,7-8,11H2,1H3,(H,25,26);1-2H3. The molecule has 3 aromatic rings. The molecule has 6 rings (SSSR count). The lowest BCUT2D eigenvalue weighted by Crippen LogP contribution is -2.24. The number of nitrogens with zero attached hydrogens (tertiary/aromatic N) is 3. The van der Waals surface area contributed by atoms with Gasteiger partial charge in [0.05, 0.1) is 30.6 Å². The molecule has 2 N–H and O–H groups in total. The van der Waals surface area contributed by atoms with E-state index < -0.39 is 0 Å². The van der Waals surface area contributed by atoms with E-state index in [0.717, 1.165) is 53.9 Å². The Morgan fingerprint density at radius 3 is 2.83 bits per heavy atom. The van der Waals surface area contributed by atoms with Crippen LogP contribution in [0.4, 0.5) is 11.4 Å². The van der Waals surface area contributed by atoms with E-state index in [-0.39, 0.29) is 0 Å². The maximum Gasteiger partial charge on any atom is 0.176 e. The van der Waals surface area contributed by atoms with Crippen LogP contribution in [0.15, 0.2) is 53.7 Å². The van der Waals surface area contributed by atoms with Crippen molar-refractivity contribution in [1.29, 1.82) is 0 Å². The van der Waals surface area contributed by atoms with Crippen molar-refractivity contribution in [2.24, 2.45) is 4.99 Å². The molecule has 3 aliphatic rings. The number of rotatable bonds is 3. The molecule has 1 saturated carbocycles. The average molecular weight is 402 g/mol. The number of nitrogens with one attached hydrogen (secondary N) is 2. The topological polar surface area (TPSA) is 63.5 Å². The van der Waals surface area contributed by atoms with Gasteiger partial charge in [-0.2, -0.15) is 0 Å². The molecule has 1 aliphatic carbocycles. The summed E-state index contributed by atoms with van der Waals surface area (Å²) in [5, 5.41) is 6.66. The summed E-state index contributed by atoms with van der Waals surface area (Å²) in [6.45, 7) is 4.78. The Balaban J connectivity index is 0.000000937. The molecule has 0 radical (unpaired) electrons. The van der Waals surface area contributed by atoms with Gasteiger partial charge in [-0.15, -0.1) is 0 Å². The van der Waals surface area contributed by atoms with Gasteiger partial charge in [0.25, 0.3) is 0 Å². The lowest BCUT2D eigenvalue weighted by atomic mass is 10.1. The summed E-state index contributed by atoms with van der Waals surface area (Å²) in [4.78, 5) is 9.64. The Labute approximate surface area is 177 Å². The Kier molecular flexibility index (Phi) is 4.69. The molecule has 2 aliphatic heterocycles. The Morgan fingerprint density at radius 1 is 1.10 bits per heavy atom. The molecule has 0 saturated heterocycles. The quantitative estimate of drug-likeness (QED) is 0.665. The fourth-order valence-electron chi connectivity index (χ4n) is 4.22. The Morgan fingerprint density at radius 2 is 1.97 bits per heavy atom. The first-order valence-corrected chi connectivity index (χ1v) is 10.8. The third-order valence-electron chi connectivity index (χ3n) is 5.76. The van der Waals surface area contributed by atoms with Crippen LogP contribution in [0.5, 0.6) is 5.75 Å². The SMILES string of the molecule is CC.CNc1cccc(NC2=NC3CC3n3c(-c4ccc5c(c4)CCO5)cnc32)c1. The molecule has 2 atom stereocenters. The van der Waals surface area contributed by atoms with Gasteiger partial charge < -0.3 is 19.9 Å². The van der Waals surface area contributed by atoms with E-state index in [4.69, 9.17) is 14.7 Å². The minimum atomic E-state index is 0.341. The number of hydrogen-bond acceptors (Lipinski definition) is 5. The van der Waals surface area contributed by atoms with E-state index in [1.165, 1.54) is 11.1 Å². The van der Waals surface area contributed by atoms with E-state index in [9.17, 15) is 0 Å². The van der Waals surface area contributed by atoms with Crippen molar-refractivity contribution in [1.82, 2.24) is 9.55 Å². The average Bonchev–Trinajstić information content (AvgIpc) is 3.21. The summed E-state index contributed by atoms with van der Waals surface area (Å²) >= 11 is 0. The minimum Gasteiger partial charge on any atom is -0.493 e. The summed E-state index contributed by atoms with van der Waals surface area (Å²) in [6.07, 6.45) is 4.03. The maximum absolute atomic E-state index is 5.66. The molecule has 6 heteroatoms. The van der Waals surface area contributed by atoms with Gasteiger partial charge in [0, 0.05) is 30.4 Å². The summed E-state index contributed by atoms with van der Waals surface area (Å²) in [5.41, 5.74) is 5.72. The highest BCUT2D eigenvalue weighted by Gasteiger charge is 2.45.